The number of ether oxygens (including phenoxy) is 2. The molecule has 1 atom stereocenters. The van der Waals surface area contributed by atoms with Crippen molar-refractivity contribution in [3.63, 3.8) is 0 Å². The number of aromatic nitrogens is 2. The van der Waals surface area contributed by atoms with Gasteiger partial charge in [0.25, 0.3) is 0 Å². The minimum absolute atomic E-state index is 0.232. The van der Waals surface area contributed by atoms with Gasteiger partial charge in [0.2, 0.25) is 0 Å². The lowest BCUT2D eigenvalue weighted by Gasteiger charge is -2.32. The van der Waals surface area contributed by atoms with Crippen LogP contribution in [0, 0.1) is 0 Å². The van der Waals surface area contributed by atoms with Gasteiger partial charge in [-0.3, -0.25) is 0 Å². The molecule has 1 saturated heterocycles. The average Bonchev–Trinajstić information content (AvgIpc) is 3.11. The van der Waals surface area contributed by atoms with Crippen LogP contribution < -0.4 is 20.1 Å². The van der Waals surface area contributed by atoms with E-state index in [4.69, 9.17) is 31.8 Å². The van der Waals surface area contributed by atoms with Crippen LogP contribution in [0.5, 0.6) is 11.5 Å². The molecule has 6 nitrogen and oxygen atoms in total. The van der Waals surface area contributed by atoms with Crippen molar-refractivity contribution in [1.29, 1.82) is 0 Å². The Morgan fingerprint density at radius 2 is 2.00 bits per heavy atom. The molecule has 27 heavy (non-hydrogen) atoms. The molecule has 0 amide bonds. The van der Waals surface area contributed by atoms with Crippen LogP contribution in [0.15, 0.2) is 36.7 Å². The second kappa shape index (κ2) is 7.29. The fraction of sp³-hybridized carbons (Fsp3) is 0.350. The van der Waals surface area contributed by atoms with Gasteiger partial charge in [-0.15, -0.1) is 0 Å². The molecule has 0 bridgehead atoms. The van der Waals surface area contributed by atoms with E-state index in [9.17, 15) is 0 Å². The summed E-state index contributed by atoms with van der Waals surface area (Å²) in [6, 6.07) is 8.04. The van der Waals surface area contributed by atoms with Crippen LogP contribution in [0.3, 0.4) is 0 Å². The summed E-state index contributed by atoms with van der Waals surface area (Å²) in [7, 11) is 3.21. The Hall–Kier alpha value is -2.44. The van der Waals surface area contributed by atoms with E-state index in [0.29, 0.717) is 16.5 Å². The van der Waals surface area contributed by atoms with Crippen molar-refractivity contribution >= 4 is 22.9 Å². The quantitative estimate of drug-likeness (QED) is 0.742. The first-order chi connectivity index (χ1) is 13.1. The van der Waals surface area contributed by atoms with Crippen molar-refractivity contribution in [3.05, 3.63) is 41.7 Å². The molecule has 3 heterocycles. The maximum Gasteiger partial charge on any atom is 0.141 e. The van der Waals surface area contributed by atoms with E-state index in [1.165, 1.54) is 0 Å². The number of pyridine rings is 1. The lowest BCUT2D eigenvalue weighted by molar-refractivity contribution is 0.395. The highest BCUT2D eigenvalue weighted by molar-refractivity contribution is 6.32. The lowest BCUT2D eigenvalue weighted by atomic mass is 10.1. The summed E-state index contributed by atoms with van der Waals surface area (Å²) in [5.41, 5.74) is 9.77. The minimum atomic E-state index is 0.232. The van der Waals surface area contributed by atoms with E-state index in [1.54, 1.807) is 20.3 Å². The van der Waals surface area contributed by atoms with Crippen LogP contribution in [0.2, 0.25) is 5.02 Å². The van der Waals surface area contributed by atoms with Gasteiger partial charge in [0.05, 0.1) is 24.9 Å². The summed E-state index contributed by atoms with van der Waals surface area (Å²) < 4.78 is 12.8. The normalized spacial score (nSPS) is 17.3. The van der Waals surface area contributed by atoms with Crippen molar-refractivity contribution < 1.29 is 9.47 Å². The molecule has 0 aliphatic carbocycles. The van der Waals surface area contributed by atoms with Gasteiger partial charge in [0.1, 0.15) is 17.1 Å². The molecule has 1 fully saturated rings. The molecule has 142 valence electrons. The highest BCUT2D eigenvalue weighted by Gasteiger charge is 2.18. The van der Waals surface area contributed by atoms with Gasteiger partial charge in [0, 0.05) is 54.9 Å². The molecule has 1 aliphatic rings. The van der Waals surface area contributed by atoms with Gasteiger partial charge >= 0.3 is 0 Å². The second-order valence-electron chi connectivity index (χ2n) is 6.81. The standard InChI is InChI=1S/C20H23ClN4O2/c1-26-18-10-19(27-2)16(21)9-15(18)17-12-25-7-5-14(8-20(25)23-17)24-6-3-4-13(22)11-24/h5,7-10,12-13H,3-4,6,11,22H2,1-2H3/t13-/m1/s1. The van der Waals surface area contributed by atoms with Crippen LogP contribution in [0.4, 0.5) is 5.69 Å². The monoisotopic (exact) mass is 386 g/mol. The predicted octanol–water partition coefficient (Wildman–Crippen LogP) is 3.60. The van der Waals surface area contributed by atoms with Gasteiger partial charge in [-0.2, -0.15) is 0 Å². The number of nitrogens with two attached hydrogens (primary N) is 1. The van der Waals surface area contributed by atoms with Crippen LogP contribution >= 0.6 is 11.6 Å². The Labute approximate surface area is 163 Å². The van der Waals surface area contributed by atoms with E-state index in [1.807, 2.05) is 22.9 Å². The Balaban J connectivity index is 1.73. The zero-order valence-electron chi connectivity index (χ0n) is 15.5. The van der Waals surface area contributed by atoms with Crippen molar-refractivity contribution in [3.8, 4) is 22.8 Å². The van der Waals surface area contributed by atoms with Gasteiger partial charge in [-0.1, -0.05) is 11.6 Å². The first kappa shape index (κ1) is 17.9. The number of rotatable bonds is 4. The van der Waals surface area contributed by atoms with Gasteiger partial charge in [0.15, 0.2) is 0 Å². The third-order valence-electron chi connectivity index (χ3n) is 5.02. The highest BCUT2D eigenvalue weighted by atomic mass is 35.5. The van der Waals surface area contributed by atoms with Gasteiger partial charge < -0.3 is 24.5 Å². The van der Waals surface area contributed by atoms with Crippen molar-refractivity contribution in [2.24, 2.45) is 5.73 Å². The van der Waals surface area contributed by atoms with Gasteiger partial charge in [-0.25, -0.2) is 4.98 Å². The molecule has 1 aliphatic heterocycles. The molecule has 1 aromatic carbocycles. The number of anilines is 1. The first-order valence-electron chi connectivity index (χ1n) is 9.00. The summed E-state index contributed by atoms with van der Waals surface area (Å²) >= 11 is 6.31. The van der Waals surface area contributed by atoms with Crippen molar-refractivity contribution in [2.45, 2.75) is 18.9 Å². The molecule has 0 unspecified atom stereocenters. The molecular formula is C20H23ClN4O2. The maximum atomic E-state index is 6.31. The smallest absolute Gasteiger partial charge is 0.141 e. The number of nitrogens with zero attached hydrogens (tertiary/aromatic N) is 3. The zero-order valence-corrected chi connectivity index (χ0v) is 16.2. The van der Waals surface area contributed by atoms with Crippen LogP contribution in [-0.2, 0) is 0 Å². The van der Waals surface area contributed by atoms with E-state index in [0.717, 1.165) is 48.5 Å². The summed E-state index contributed by atoms with van der Waals surface area (Å²) in [6.45, 7) is 1.91. The number of hydrogen-bond donors (Lipinski definition) is 1. The van der Waals surface area contributed by atoms with Gasteiger partial charge in [-0.05, 0) is 25.0 Å². The van der Waals surface area contributed by atoms with E-state index in [-0.39, 0.29) is 6.04 Å². The largest absolute Gasteiger partial charge is 0.496 e. The van der Waals surface area contributed by atoms with Crippen LogP contribution in [-0.4, -0.2) is 42.7 Å². The van der Waals surface area contributed by atoms with E-state index < -0.39 is 0 Å². The second-order valence-corrected chi connectivity index (χ2v) is 7.22. The topological polar surface area (TPSA) is 65.0 Å². The Morgan fingerprint density at radius 1 is 1.19 bits per heavy atom. The molecule has 4 rings (SSSR count). The van der Waals surface area contributed by atoms with E-state index in [2.05, 4.69) is 17.0 Å². The van der Waals surface area contributed by atoms with Crippen LogP contribution in [0.1, 0.15) is 12.8 Å². The van der Waals surface area contributed by atoms with E-state index >= 15 is 0 Å². The number of methoxy groups -OCH3 is 2. The third-order valence-corrected chi connectivity index (χ3v) is 5.31. The van der Waals surface area contributed by atoms with Crippen LogP contribution in [0.25, 0.3) is 16.9 Å². The first-order valence-corrected chi connectivity index (χ1v) is 9.38. The number of hydrogen-bond acceptors (Lipinski definition) is 5. The molecule has 2 N–H and O–H groups in total. The fourth-order valence-electron chi connectivity index (χ4n) is 3.60. The zero-order chi connectivity index (χ0) is 19.0. The molecular weight excluding hydrogens is 364 g/mol. The summed E-state index contributed by atoms with van der Waals surface area (Å²) in [4.78, 5) is 7.12. The number of halogens is 1. The number of imidazole rings is 1. The summed E-state index contributed by atoms with van der Waals surface area (Å²) in [6.07, 6.45) is 6.21. The number of piperidine rings is 1. The number of fused-ring (bicyclic) bond motifs is 1. The minimum Gasteiger partial charge on any atom is -0.496 e. The van der Waals surface area contributed by atoms with Crippen molar-refractivity contribution in [2.75, 3.05) is 32.2 Å². The average molecular weight is 387 g/mol. The SMILES string of the molecule is COc1cc(OC)c(-c2cn3ccc(N4CCC[C@@H](N)C4)cc3n2)cc1Cl. The number of benzene rings is 1. The fourth-order valence-corrected chi connectivity index (χ4v) is 3.84. The lowest BCUT2D eigenvalue weighted by Crippen LogP contribution is -2.42. The Morgan fingerprint density at radius 3 is 2.74 bits per heavy atom. The molecule has 3 aromatic rings. The molecule has 0 spiro atoms. The Bertz CT molecular complexity index is 972. The highest BCUT2D eigenvalue weighted by Crippen LogP contribution is 2.38. The predicted molar refractivity (Wildman–Crippen MR) is 108 cm³/mol. The summed E-state index contributed by atoms with van der Waals surface area (Å²) in [5, 5.41) is 0.522. The molecule has 2 aromatic heterocycles. The molecule has 0 radical (unpaired) electrons. The van der Waals surface area contributed by atoms with Crippen molar-refractivity contribution in [1.82, 2.24) is 9.38 Å². The summed E-state index contributed by atoms with van der Waals surface area (Å²) in [5.74, 6) is 1.24. The third kappa shape index (κ3) is 3.42. The molecule has 0 saturated carbocycles. The maximum absolute atomic E-state index is 6.31. The Kier molecular flexibility index (Phi) is 4.85. The molecule has 7 heteroatoms.